The van der Waals surface area contributed by atoms with Gasteiger partial charge in [-0.2, -0.15) is 5.10 Å². The molecule has 0 spiro atoms. The third-order valence-corrected chi connectivity index (χ3v) is 3.48. The minimum atomic E-state index is -0.196. The molecular formula is C12H11IN2O2. The smallest absolute Gasteiger partial charge is 0.220 e. The highest BCUT2D eigenvalue weighted by atomic mass is 127. The summed E-state index contributed by atoms with van der Waals surface area (Å²) in [5, 5.41) is 13.8. The Labute approximate surface area is 112 Å². The Kier molecular flexibility index (Phi) is 3.19. The van der Waals surface area contributed by atoms with Crippen molar-refractivity contribution >= 4 is 28.4 Å². The van der Waals surface area contributed by atoms with Crippen molar-refractivity contribution in [3.8, 4) is 5.88 Å². The Morgan fingerprint density at radius 2 is 2.06 bits per heavy atom. The van der Waals surface area contributed by atoms with Crippen molar-refractivity contribution in [2.24, 2.45) is 7.05 Å². The van der Waals surface area contributed by atoms with E-state index >= 15 is 0 Å². The molecule has 0 aliphatic carbocycles. The summed E-state index contributed by atoms with van der Waals surface area (Å²) in [6, 6.07) is 7.28. The van der Waals surface area contributed by atoms with Gasteiger partial charge in [0.1, 0.15) is 5.56 Å². The van der Waals surface area contributed by atoms with Gasteiger partial charge < -0.3 is 5.11 Å². The maximum absolute atomic E-state index is 12.3. The molecule has 88 valence electrons. The van der Waals surface area contributed by atoms with Gasteiger partial charge in [0, 0.05) is 16.2 Å². The van der Waals surface area contributed by atoms with Crippen LogP contribution in [0.15, 0.2) is 24.3 Å². The van der Waals surface area contributed by atoms with Crippen molar-refractivity contribution in [2.45, 2.75) is 6.92 Å². The summed E-state index contributed by atoms with van der Waals surface area (Å²) in [6.07, 6.45) is 0. The molecule has 17 heavy (non-hydrogen) atoms. The molecule has 2 aromatic rings. The van der Waals surface area contributed by atoms with Gasteiger partial charge in [0.05, 0.1) is 5.69 Å². The van der Waals surface area contributed by atoms with Crippen molar-refractivity contribution in [3.05, 3.63) is 44.7 Å². The van der Waals surface area contributed by atoms with E-state index in [1.807, 2.05) is 12.1 Å². The minimum Gasteiger partial charge on any atom is -0.493 e. The van der Waals surface area contributed by atoms with E-state index in [2.05, 4.69) is 27.7 Å². The second kappa shape index (κ2) is 4.48. The lowest BCUT2D eigenvalue weighted by Gasteiger charge is -2.03. The first kappa shape index (κ1) is 12.1. The lowest BCUT2D eigenvalue weighted by molar-refractivity contribution is 0.103. The van der Waals surface area contributed by atoms with Crippen LogP contribution in [0, 0.1) is 10.5 Å². The minimum absolute atomic E-state index is 0.0906. The number of aromatic nitrogens is 2. The highest BCUT2D eigenvalue weighted by Crippen LogP contribution is 2.25. The van der Waals surface area contributed by atoms with Crippen LogP contribution in [-0.4, -0.2) is 20.7 Å². The molecule has 1 heterocycles. The van der Waals surface area contributed by atoms with Crippen LogP contribution in [0.5, 0.6) is 5.88 Å². The van der Waals surface area contributed by atoms with E-state index in [-0.39, 0.29) is 17.2 Å². The zero-order valence-electron chi connectivity index (χ0n) is 9.44. The largest absolute Gasteiger partial charge is 0.493 e. The van der Waals surface area contributed by atoms with Crippen molar-refractivity contribution in [1.82, 2.24) is 9.78 Å². The fourth-order valence-electron chi connectivity index (χ4n) is 1.69. The average molecular weight is 342 g/mol. The van der Waals surface area contributed by atoms with Gasteiger partial charge in [-0.05, 0) is 41.6 Å². The lowest BCUT2D eigenvalue weighted by Crippen LogP contribution is -2.04. The van der Waals surface area contributed by atoms with Crippen molar-refractivity contribution in [1.29, 1.82) is 0 Å². The second-order valence-electron chi connectivity index (χ2n) is 3.72. The molecule has 1 N–H and O–H groups in total. The van der Waals surface area contributed by atoms with E-state index in [9.17, 15) is 9.90 Å². The monoisotopic (exact) mass is 342 g/mol. The topological polar surface area (TPSA) is 55.1 Å². The Bertz CT molecular complexity index is 590. The van der Waals surface area contributed by atoms with E-state index in [4.69, 9.17) is 0 Å². The molecule has 4 nitrogen and oxygen atoms in total. The van der Waals surface area contributed by atoms with E-state index in [0.29, 0.717) is 11.3 Å². The number of carbonyl (C=O) groups is 1. The van der Waals surface area contributed by atoms with Crippen LogP contribution in [0.1, 0.15) is 21.6 Å². The van der Waals surface area contributed by atoms with Crippen LogP contribution in [0.4, 0.5) is 0 Å². The molecular weight excluding hydrogens is 331 g/mol. The number of halogens is 1. The molecule has 0 fully saturated rings. The predicted octanol–water partition coefficient (Wildman–Crippen LogP) is 2.27. The number of benzene rings is 1. The third kappa shape index (κ3) is 2.06. The lowest BCUT2D eigenvalue weighted by atomic mass is 10.0. The number of ketones is 1. The van der Waals surface area contributed by atoms with E-state index in [1.54, 1.807) is 26.1 Å². The molecule has 0 aliphatic rings. The van der Waals surface area contributed by atoms with Crippen molar-refractivity contribution in [3.63, 3.8) is 0 Å². The maximum Gasteiger partial charge on any atom is 0.220 e. The summed E-state index contributed by atoms with van der Waals surface area (Å²) in [5.74, 6) is -0.287. The highest BCUT2D eigenvalue weighted by Gasteiger charge is 2.22. The molecule has 0 amide bonds. The summed E-state index contributed by atoms with van der Waals surface area (Å²) in [5.41, 5.74) is 1.39. The quantitative estimate of drug-likeness (QED) is 0.673. The maximum atomic E-state index is 12.3. The number of aryl methyl sites for hydroxylation is 2. The normalized spacial score (nSPS) is 10.5. The van der Waals surface area contributed by atoms with Gasteiger partial charge in [-0.25, -0.2) is 4.68 Å². The molecule has 5 heteroatoms. The van der Waals surface area contributed by atoms with E-state index in [1.165, 1.54) is 4.68 Å². The number of rotatable bonds is 2. The van der Waals surface area contributed by atoms with Crippen molar-refractivity contribution < 1.29 is 9.90 Å². The van der Waals surface area contributed by atoms with Crippen LogP contribution < -0.4 is 0 Å². The Hall–Kier alpha value is -1.37. The van der Waals surface area contributed by atoms with Crippen LogP contribution >= 0.6 is 22.6 Å². The SMILES string of the molecule is Cc1nn(C)c(O)c1C(=O)c1ccccc1I. The van der Waals surface area contributed by atoms with Crippen LogP contribution in [0.25, 0.3) is 0 Å². The summed E-state index contributed by atoms with van der Waals surface area (Å²) in [6.45, 7) is 1.71. The number of hydrogen-bond acceptors (Lipinski definition) is 3. The van der Waals surface area contributed by atoms with Crippen LogP contribution in [0.3, 0.4) is 0 Å². The van der Waals surface area contributed by atoms with E-state index < -0.39 is 0 Å². The number of nitrogens with zero attached hydrogens (tertiary/aromatic N) is 2. The Morgan fingerprint density at radius 1 is 1.41 bits per heavy atom. The predicted molar refractivity (Wildman–Crippen MR) is 72.2 cm³/mol. The Morgan fingerprint density at radius 3 is 2.59 bits per heavy atom. The molecule has 1 aromatic heterocycles. The van der Waals surface area contributed by atoms with Crippen LogP contribution in [0.2, 0.25) is 0 Å². The summed E-state index contributed by atoms with van der Waals surface area (Å²) >= 11 is 2.10. The second-order valence-corrected chi connectivity index (χ2v) is 4.88. The molecule has 0 aliphatic heterocycles. The molecule has 0 saturated heterocycles. The van der Waals surface area contributed by atoms with Gasteiger partial charge in [0.25, 0.3) is 0 Å². The molecule has 1 aromatic carbocycles. The first-order valence-corrected chi connectivity index (χ1v) is 6.12. The molecule has 0 radical (unpaired) electrons. The summed E-state index contributed by atoms with van der Waals surface area (Å²) < 4.78 is 2.16. The molecule has 0 atom stereocenters. The number of aromatic hydroxyl groups is 1. The third-order valence-electron chi connectivity index (χ3n) is 2.54. The van der Waals surface area contributed by atoms with Crippen molar-refractivity contribution in [2.75, 3.05) is 0 Å². The fourth-order valence-corrected chi connectivity index (χ4v) is 2.32. The summed E-state index contributed by atoms with van der Waals surface area (Å²) in [4.78, 5) is 12.3. The average Bonchev–Trinajstić information content (AvgIpc) is 2.53. The van der Waals surface area contributed by atoms with Crippen LogP contribution in [-0.2, 0) is 7.05 Å². The molecule has 0 saturated carbocycles. The van der Waals surface area contributed by atoms with E-state index in [0.717, 1.165) is 3.57 Å². The Balaban J connectivity index is 2.55. The summed E-state index contributed by atoms with van der Waals surface area (Å²) in [7, 11) is 1.61. The standard InChI is InChI=1S/C12H11IN2O2/c1-7-10(12(17)15(2)14-7)11(16)8-5-3-4-6-9(8)13/h3-6,17H,1-2H3. The molecule has 2 rings (SSSR count). The van der Waals surface area contributed by atoms with Gasteiger partial charge in [0.15, 0.2) is 0 Å². The zero-order chi connectivity index (χ0) is 12.6. The zero-order valence-corrected chi connectivity index (χ0v) is 11.6. The first-order chi connectivity index (χ1) is 8.02. The number of hydrogen-bond donors (Lipinski definition) is 1. The highest BCUT2D eigenvalue weighted by molar-refractivity contribution is 14.1. The van der Waals surface area contributed by atoms with Gasteiger partial charge in [-0.1, -0.05) is 12.1 Å². The fraction of sp³-hybridized carbons (Fsp3) is 0.167. The van der Waals surface area contributed by atoms with Gasteiger partial charge in [-0.3, -0.25) is 4.79 Å². The van der Waals surface area contributed by atoms with Gasteiger partial charge >= 0.3 is 0 Å². The van der Waals surface area contributed by atoms with Gasteiger partial charge in [0.2, 0.25) is 11.7 Å². The molecule has 0 unspecified atom stereocenters. The number of carbonyl (C=O) groups excluding carboxylic acids is 1. The van der Waals surface area contributed by atoms with Gasteiger partial charge in [-0.15, -0.1) is 0 Å². The molecule has 0 bridgehead atoms. The first-order valence-electron chi connectivity index (χ1n) is 5.04.